The third-order valence-electron chi connectivity index (χ3n) is 5.28. The fourth-order valence-electron chi connectivity index (χ4n) is 3.90. The highest BCUT2D eigenvalue weighted by atomic mass is 16.5. The molecule has 0 unspecified atom stereocenters. The number of aryl methyl sites for hydroxylation is 1. The summed E-state index contributed by atoms with van der Waals surface area (Å²) in [6.45, 7) is 3.71. The van der Waals surface area contributed by atoms with Crippen LogP contribution in [0.15, 0.2) is 45.6 Å². The van der Waals surface area contributed by atoms with Gasteiger partial charge < -0.3 is 13.9 Å². The molecule has 1 saturated carbocycles. The summed E-state index contributed by atoms with van der Waals surface area (Å²) < 4.78 is 16.8. The van der Waals surface area contributed by atoms with Crippen molar-refractivity contribution in [3.8, 4) is 5.75 Å². The van der Waals surface area contributed by atoms with Crippen LogP contribution >= 0.6 is 0 Å². The second-order valence-corrected chi connectivity index (χ2v) is 7.24. The standard InChI is InChI=1S/C20H18O4/c1-12-2-4-16-15-5-3-13(7-17(15)19(21)24-18(16)6-12)23-14-8-20(9-14)10-22-11-20/h2-7,14H,8-11H2,1H3. The van der Waals surface area contributed by atoms with Gasteiger partial charge in [-0.05, 0) is 49.6 Å². The van der Waals surface area contributed by atoms with Crippen LogP contribution in [0.4, 0.5) is 0 Å². The van der Waals surface area contributed by atoms with Gasteiger partial charge in [0.15, 0.2) is 0 Å². The third kappa shape index (κ3) is 2.06. The maximum Gasteiger partial charge on any atom is 0.344 e. The first-order valence-corrected chi connectivity index (χ1v) is 8.34. The van der Waals surface area contributed by atoms with Crippen LogP contribution in [-0.2, 0) is 4.74 Å². The third-order valence-corrected chi connectivity index (χ3v) is 5.28. The molecule has 4 nitrogen and oxygen atoms in total. The summed E-state index contributed by atoms with van der Waals surface area (Å²) in [5, 5.41) is 2.44. The highest BCUT2D eigenvalue weighted by Crippen LogP contribution is 2.48. The number of benzene rings is 2. The lowest BCUT2D eigenvalue weighted by Gasteiger charge is -2.52. The van der Waals surface area contributed by atoms with Crippen molar-refractivity contribution < 1.29 is 13.9 Å². The molecule has 4 heteroatoms. The maximum atomic E-state index is 12.3. The molecule has 3 aromatic rings. The molecular weight excluding hydrogens is 304 g/mol. The summed E-state index contributed by atoms with van der Waals surface area (Å²) in [5.41, 5.74) is 1.76. The molecule has 122 valence electrons. The molecule has 2 heterocycles. The van der Waals surface area contributed by atoms with E-state index in [1.807, 2.05) is 43.3 Å². The van der Waals surface area contributed by atoms with Crippen molar-refractivity contribution in [3.05, 3.63) is 52.4 Å². The number of rotatable bonds is 2. The number of fused-ring (bicyclic) bond motifs is 3. The predicted octanol–water partition coefficient (Wildman–Crippen LogP) is 3.81. The second-order valence-electron chi connectivity index (χ2n) is 7.24. The highest BCUT2D eigenvalue weighted by Gasteiger charge is 2.51. The van der Waals surface area contributed by atoms with Crippen LogP contribution in [0.2, 0.25) is 0 Å². The van der Waals surface area contributed by atoms with Crippen molar-refractivity contribution in [1.29, 1.82) is 0 Å². The zero-order chi connectivity index (χ0) is 16.3. The van der Waals surface area contributed by atoms with Crippen LogP contribution in [0, 0.1) is 12.3 Å². The summed E-state index contributed by atoms with van der Waals surface area (Å²) in [7, 11) is 0. The molecule has 2 aliphatic rings. The lowest BCUT2D eigenvalue weighted by molar-refractivity contribution is -0.191. The molecular formula is C20H18O4. The first-order chi connectivity index (χ1) is 11.6. The Kier molecular flexibility index (Phi) is 2.83. The highest BCUT2D eigenvalue weighted by molar-refractivity contribution is 6.04. The van der Waals surface area contributed by atoms with Gasteiger partial charge in [0.25, 0.3) is 0 Å². The summed E-state index contributed by atoms with van der Waals surface area (Å²) in [4.78, 5) is 12.3. The molecule has 0 radical (unpaired) electrons. The quantitative estimate of drug-likeness (QED) is 0.532. The lowest BCUT2D eigenvalue weighted by Crippen LogP contribution is -2.56. The van der Waals surface area contributed by atoms with E-state index in [-0.39, 0.29) is 11.7 Å². The minimum atomic E-state index is -0.314. The molecule has 0 amide bonds. The summed E-state index contributed by atoms with van der Waals surface area (Å²) in [6, 6.07) is 11.6. The van der Waals surface area contributed by atoms with E-state index in [4.69, 9.17) is 13.9 Å². The molecule has 0 atom stereocenters. The van der Waals surface area contributed by atoms with E-state index in [0.717, 1.165) is 48.1 Å². The Morgan fingerprint density at radius 3 is 2.58 bits per heavy atom. The minimum absolute atomic E-state index is 0.224. The van der Waals surface area contributed by atoms with Crippen molar-refractivity contribution in [2.75, 3.05) is 13.2 Å². The molecule has 1 saturated heterocycles. The van der Waals surface area contributed by atoms with Gasteiger partial charge in [-0.3, -0.25) is 0 Å². The summed E-state index contributed by atoms with van der Waals surface area (Å²) in [6.07, 6.45) is 2.30. The van der Waals surface area contributed by atoms with Crippen LogP contribution < -0.4 is 10.4 Å². The molecule has 1 aromatic heterocycles. The molecule has 1 aliphatic carbocycles. The molecule has 0 N–H and O–H groups in total. The van der Waals surface area contributed by atoms with E-state index >= 15 is 0 Å². The van der Waals surface area contributed by atoms with Gasteiger partial charge in [-0.15, -0.1) is 0 Å². The monoisotopic (exact) mass is 322 g/mol. The SMILES string of the molecule is Cc1ccc2c(c1)oc(=O)c1cc(OC3CC4(COC4)C3)ccc12. The van der Waals surface area contributed by atoms with Crippen molar-refractivity contribution in [2.45, 2.75) is 25.9 Å². The average Bonchev–Trinajstić information content (AvgIpc) is 2.48. The van der Waals surface area contributed by atoms with E-state index in [9.17, 15) is 4.79 Å². The smallest absolute Gasteiger partial charge is 0.344 e. The van der Waals surface area contributed by atoms with Gasteiger partial charge in [-0.1, -0.05) is 12.1 Å². The minimum Gasteiger partial charge on any atom is -0.490 e. The zero-order valence-electron chi connectivity index (χ0n) is 13.5. The van der Waals surface area contributed by atoms with E-state index in [1.54, 1.807) is 0 Å². The average molecular weight is 322 g/mol. The molecule has 24 heavy (non-hydrogen) atoms. The van der Waals surface area contributed by atoms with E-state index in [1.165, 1.54) is 0 Å². The van der Waals surface area contributed by atoms with Crippen molar-refractivity contribution >= 4 is 21.7 Å². The normalized spacial score (nSPS) is 19.4. The van der Waals surface area contributed by atoms with E-state index in [2.05, 4.69) is 0 Å². The van der Waals surface area contributed by atoms with Crippen molar-refractivity contribution in [2.24, 2.45) is 5.41 Å². The molecule has 2 aromatic carbocycles. The van der Waals surface area contributed by atoms with Crippen molar-refractivity contribution in [1.82, 2.24) is 0 Å². The Bertz CT molecular complexity index is 1010. The number of hydrogen-bond donors (Lipinski definition) is 0. The Balaban J connectivity index is 1.51. The molecule has 1 spiro atoms. The molecule has 1 aliphatic heterocycles. The van der Waals surface area contributed by atoms with Gasteiger partial charge >= 0.3 is 5.63 Å². The number of hydrogen-bond acceptors (Lipinski definition) is 4. The van der Waals surface area contributed by atoms with Gasteiger partial charge in [-0.2, -0.15) is 0 Å². The fourth-order valence-corrected chi connectivity index (χ4v) is 3.90. The second kappa shape index (κ2) is 4.84. The molecule has 5 rings (SSSR count). The molecule has 2 fully saturated rings. The number of ether oxygens (including phenoxy) is 2. The van der Waals surface area contributed by atoms with Crippen LogP contribution in [0.25, 0.3) is 21.7 Å². The Labute approximate surface area is 139 Å². The van der Waals surface area contributed by atoms with Crippen LogP contribution in [0.5, 0.6) is 5.75 Å². The first-order valence-electron chi connectivity index (χ1n) is 8.34. The first kappa shape index (κ1) is 14.1. The Morgan fingerprint density at radius 1 is 1.04 bits per heavy atom. The predicted molar refractivity (Wildman–Crippen MR) is 91.6 cm³/mol. The fraction of sp³-hybridized carbons (Fsp3) is 0.350. The largest absolute Gasteiger partial charge is 0.490 e. The lowest BCUT2D eigenvalue weighted by atomic mass is 9.65. The van der Waals surface area contributed by atoms with Gasteiger partial charge in [0, 0.05) is 16.2 Å². The van der Waals surface area contributed by atoms with Gasteiger partial charge in [-0.25, -0.2) is 4.79 Å². The van der Waals surface area contributed by atoms with Crippen molar-refractivity contribution in [3.63, 3.8) is 0 Å². The Morgan fingerprint density at radius 2 is 1.83 bits per heavy atom. The van der Waals surface area contributed by atoms with E-state index in [0.29, 0.717) is 16.4 Å². The molecule has 0 bridgehead atoms. The van der Waals surface area contributed by atoms with Crippen LogP contribution in [-0.4, -0.2) is 19.3 Å². The van der Waals surface area contributed by atoms with Gasteiger partial charge in [0.2, 0.25) is 0 Å². The Hall–Kier alpha value is -2.33. The zero-order valence-corrected chi connectivity index (χ0v) is 13.5. The summed E-state index contributed by atoms with van der Waals surface area (Å²) >= 11 is 0. The summed E-state index contributed by atoms with van der Waals surface area (Å²) in [5.74, 6) is 0.737. The van der Waals surface area contributed by atoms with Gasteiger partial charge in [0.05, 0.1) is 18.6 Å². The van der Waals surface area contributed by atoms with Gasteiger partial charge in [0.1, 0.15) is 17.4 Å². The van der Waals surface area contributed by atoms with Crippen LogP contribution in [0.1, 0.15) is 18.4 Å². The topological polar surface area (TPSA) is 48.7 Å². The van der Waals surface area contributed by atoms with Crippen LogP contribution in [0.3, 0.4) is 0 Å². The van der Waals surface area contributed by atoms with E-state index < -0.39 is 0 Å². The maximum absolute atomic E-state index is 12.3.